The van der Waals surface area contributed by atoms with Crippen molar-refractivity contribution in [2.75, 3.05) is 0 Å². The van der Waals surface area contributed by atoms with Crippen LogP contribution in [0.5, 0.6) is 0 Å². The molecule has 0 radical (unpaired) electrons. The van der Waals surface area contributed by atoms with Gasteiger partial charge in [-0.05, 0) is 51.8 Å². The zero-order valence-corrected chi connectivity index (χ0v) is 11.4. The molecular weight excluding hydrogens is 231 g/mol. The number of amides is 2. The summed E-state index contributed by atoms with van der Waals surface area (Å²) in [6, 6.07) is 6.13. The zero-order chi connectivity index (χ0) is 13.8. The van der Waals surface area contributed by atoms with Crippen molar-refractivity contribution in [1.82, 2.24) is 10.6 Å². The highest BCUT2D eigenvalue weighted by Crippen LogP contribution is 2.06. The molecule has 2 amide bonds. The lowest BCUT2D eigenvalue weighted by atomic mass is 10.1. The fraction of sp³-hybridized carbons (Fsp3) is 0.500. The van der Waals surface area contributed by atoms with Crippen molar-refractivity contribution in [3.63, 3.8) is 0 Å². The maximum atomic E-state index is 12.7. The molecule has 0 saturated heterocycles. The average Bonchev–Trinajstić information content (AvgIpc) is 2.18. The number of carbonyl (C=O) groups is 1. The standard InChI is InChI=1S/C14H21FN2O/c1-10(16-13(18)17-14(2,3)4)9-11-5-7-12(15)8-6-11/h5-8,10H,9H2,1-4H3,(H2,16,17,18). The van der Waals surface area contributed by atoms with Crippen molar-refractivity contribution in [3.8, 4) is 0 Å². The Labute approximate surface area is 108 Å². The van der Waals surface area contributed by atoms with E-state index in [1.54, 1.807) is 12.1 Å². The summed E-state index contributed by atoms with van der Waals surface area (Å²) >= 11 is 0. The highest BCUT2D eigenvalue weighted by Gasteiger charge is 2.15. The summed E-state index contributed by atoms with van der Waals surface area (Å²) in [4.78, 5) is 11.6. The molecule has 4 heteroatoms. The highest BCUT2D eigenvalue weighted by molar-refractivity contribution is 5.74. The summed E-state index contributed by atoms with van der Waals surface area (Å²) in [6.07, 6.45) is 0.678. The molecule has 1 aromatic carbocycles. The van der Waals surface area contributed by atoms with Gasteiger partial charge < -0.3 is 10.6 Å². The van der Waals surface area contributed by atoms with Gasteiger partial charge in [-0.25, -0.2) is 9.18 Å². The van der Waals surface area contributed by atoms with E-state index < -0.39 is 0 Å². The maximum absolute atomic E-state index is 12.7. The molecule has 0 fully saturated rings. The number of benzene rings is 1. The Bertz CT molecular complexity index is 395. The SMILES string of the molecule is CC(Cc1ccc(F)cc1)NC(=O)NC(C)(C)C. The second kappa shape index (κ2) is 5.85. The van der Waals surface area contributed by atoms with Crippen LogP contribution in [0.25, 0.3) is 0 Å². The number of hydrogen-bond donors (Lipinski definition) is 2. The van der Waals surface area contributed by atoms with Crippen LogP contribution in [-0.4, -0.2) is 17.6 Å². The summed E-state index contributed by atoms with van der Waals surface area (Å²) in [7, 11) is 0. The number of rotatable bonds is 3. The Morgan fingerprint density at radius 1 is 1.28 bits per heavy atom. The molecule has 0 spiro atoms. The van der Waals surface area contributed by atoms with Crippen molar-refractivity contribution in [1.29, 1.82) is 0 Å². The van der Waals surface area contributed by atoms with Crippen LogP contribution < -0.4 is 10.6 Å². The van der Waals surface area contributed by atoms with Gasteiger partial charge in [0, 0.05) is 11.6 Å². The monoisotopic (exact) mass is 252 g/mol. The van der Waals surface area contributed by atoms with Crippen LogP contribution >= 0.6 is 0 Å². The third kappa shape index (κ3) is 5.66. The van der Waals surface area contributed by atoms with E-state index in [1.807, 2.05) is 27.7 Å². The van der Waals surface area contributed by atoms with E-state index in [1.165, 1.54) is 12.1 Å². The first-order valence-corrected chi connectivity index (χ1v) is 6.09. The first-order valence-electron chi connectivity index (χ1n) is 6.09. The van der Waals surface area contributed by atoms with Gasteiger partial charge >= 0.3 is 6.03 Å². The fourth-order valence-corrected chi connectivity index (χ4v) is 1.63. The average molecular weight is 252 g/mol. The third-order valence-corrected chi connectivity index (χ3v) is 2.32. The van der Waals surface area contributed by atoms with Gasteiger partial charge in [0.15, 0.2) is 0 Å². The Hall–Kier alpha value is -1.58. The summed E-state index contributed by atoms with van der Waals surface area (Å²) in [5.74, 6) is -0.246. The molecule has 100 valence electrons. The molecular formula is C14H21FN2O. The lowest BCUT2D eigenvalue weighted by Crippen LogP contribution is -2.49. The minimum atomic E-state index is -0.250. The van der Waals surface area contributed by atoms with Crippen LogP contribution in [-0.2, 0) is 6.42 Å². The number of nitrogens with one attached hydrogen (secondary N) is 2. The van der Waals surface area contributed by atoms with Gasteiger partial charge in [0.1, 0.15) is 5.82 Å². The Morgan fingerprint density at radius 2 is 1.83 bits per heavy atom. The molecule has 0 heterocycles. The second-order valence-corrected chi connectivity index (χ2v) is 5.58. The number of urea groups is 1. The van der Waals surface area contributed by atoms with Crippen molar-refractivity contribution < 1.29 is 9.18 Å². The van der Waals surface area contributed by atoms with Crippen LogP contribution in [0.3, 0.4) is 0 Å². The minimum Gasteiger partial charge on any atom is -0.335 e. The molecule has 2 N–H and O–H groups in total. The van der Waals surface area contributed by atoms with E-state index in [-0.39, 0.29) is 23.4 Å². The van der Waals surface area contributed by atoms with Gasteiger partial charge in [0.05, 0.1) is 0 Å². The molecule has 0 saturated carbocycles. The quantitative estimate of drug-likeness (QED) is 0.853. The van der Waals surface area contributed by atoms with Crippen LogP contribution in [0.1, 0.15) is 33.3 Å². The fourth-order valence-electron chi connectivity index (χ4n) is 1.63. The van der Waals surface area contributed by atoms with E-state index >= 15 is 0 Å². The largest absolute Gasteiger partial charge is 0.335 e. The number of halogens is 1. The Morgan fingerprint density at radius 3 is 2.33 bits per heavy atom. The maximum Gasteiger partial charge on any atom is 0.315 e. The predicted octanol–water partition coefficient (Wildman–Crippen LogP) is 2.85. The van der Waals surface area contributed by atoms with Gasteiger partial charge in [-0.3, -0.25) is 0 Å². The van der Waals surface area contributed by atoms with Crippen molar-refractivity contribution in [2.45, 2.75) is 45.7 Å². The topological polar surface area (TPSA) is 41.1 Å². The smallest absolute Gasteiger partial charge is 0.315 e. The molecule has 1 atom stereocenters. The summed E-state index contributed by atoms with van der Waals surface area (Å²) < 4.78 is 12.7. The molecule has 0 bridgehead atoms. The van der Waals surface area contributed by atoms with Gasteiger partial charge in [0.25, 0.3) is 0 Å². The van der Waals surface area contributed by atoms with E-state index in [0.29, 0.717) is 6.42 Å². The second-order valence-electron chi connectivity index (χ2n) is 5.58. The van der Waals surface area contributed by atoms with E-state index in [0.717, 1.165) is 5.56 Å². The minimum absolute atomic E-state index is 0.00203. The number of carbonyl (C=O) groups excluding carboxylic acids is 1. The third-order valence-electron chi connectivity index (χ3n) is 2.32. The number of hydrogen-bond acceptors (Lipinski definition) is 1. The first kappa shape index (κ1) is 14.5. The molecule has 0 aliphatic rings. The lowest BCUT2D eigenvalue weighted by molar-refractivity contribution is 0.229. The molecule has 1 rings (SSSR count). The highest BCUT2D eigenvalue weighted by atomic mass is 19.1. The predicted molar refractivity (Wildman–Crippen MR) is 71.0 cm³/mol. The van der Waals surface area contributed by atoms with Crippen molar-refractivity contribution in [2.24, 2.45) is 0 Å². The molecule has 0 aromatic heterocycles. The van der Waals surface area contributed by atoms with Crippen molar-refractivity contribution >= 4 is 6.03 Å². The molecule has 0 aliphatic carbocycles. The molecule has 0 aliphatic heterocycles. The summed E-state index contributed by atoms with van der Waals surface area (Å²) in [5, 5.41) is 5.69. The van der Waals surface area contributed by atoms with Gasteiger partial charge in [-0.15, -0.1) is 0 Å². The first-order chi connectivity index (χ1) is 8.26. The summed E-state index contributed by atoms with van der Waals surface area (Å²) in [6.45, 7) is 7.71. The molecule has 18 heavy (non-hydrogen) atoms. The van der Waals surface area contributed by atoms with Gasteiger partial charge in [0.2, 0.25) is 0 Å². The van der Waals surface area contributed by atoms with Gasteiger partial charge in [-0.1, -0.05) is 12.1 Å². The molecule has 1 unspecified atom stereocenters. The molecule has 1 aromatic rings. The van der Waals surface area contributed by atoms with Crippen LogP contribution in [0.4, 0.5) is 9.18 Å². The van der Waals surface area contributed by atoms with Gasteiger partial charge in [-0.2, -0.15) is 0 Å². The van der Waals surface area contributed by atoms with Crippen LogP contribution in [0.15, 0.2) is 24.3 Å². The normalized spacial score (nSPS) is 12.9. The van der Waals surface area contributed by atoms with Crippen molar-refractivity contribution in [3.05, 3.63) is 35.6 Å². The Kier molecular flexibility index (Phi) is 4.70. The van der Waals surface area contributed by atoms with E-state index in [4.69, 9.17) is 0 Å². The van der Waals surface area contributed by atoms with Crippen LogP contribution in [0.2, 0.25) is 0 Å². The molecule has 3 nitrogen and oxygen atoms in total. The van der Waals surface area contributed by atoms with E-state index in [2.05, 4.69) is 10.6 Å². The Balaban J connectivity index is 2.44. The van der Waals surface area contributed by atoms with Crippen LogP contribution in [0, 0.1) is 5.82 Å². The summed E-state index contributed by atoms with van der Waals surface area (Å²) in [5.41, 5.74) is 0.750. The lowest BCUT2D eigenvalue weighted by Gasteiger charge is -2.23. The van der Waals surface area contributed by atoms with E-state index in [9.17, 15) is 9.18 Å². The zero-order valence-electron chi connectivity index (χ0n) is 11.4.